The fraction of sp³-hybridized carbons (Fsp3) is 0.286. The minimum absolute atomic E-state index is 0.0473. The van der Waals surface area contributed by atoms with Gasteiger partial charge in [-0.1, -0.05) is 13.0 Å². The van der Waals surface area contributed by atoms with Crippen molar-refractivity contribution in [1.82, 2.24) is 4.98 Å². The van der Waals surface area contributed by atoms with E-state index in [1.54, 1.807) is 11.3 Å². The van der Waals surface area contributed by atoms with Crippen molar-refractivity contribution in [2.45, 2.75) is 12.8 Å². The molecule has 0 aliphatic carbocycles. The lowest BCUT2D eigenvalue weighted by Crippen LogP contribution is -2.12. The largest absolute Gasteiger partial charge is 0.465 e. The number of carbonyl (C=O) groups is 1. The van der Waals surface area contributed by atoms with Gasteiger partial charge < -0.3 is 10.1 Å². The second-order valence-electron chi connectivity index (χ2n) is 4.64. The third kappa shape index (κ3) is 3.59. The van der Waals surface area contributed by atoms with Crippen LogP contribution < -0.4 is 5.32 Å². The first-order valence-electron chi connectivity index (χ1n) is 6.53. The van der Waals surface area contributed by atoms with E-state index in [9.17, 15) is 14.9 Å². The minimum Gasteiger partial charge on any atom is -0.465 e. The Balaban J connectivity index is 2.16. The number of anilines is 1. The maximum absolute atomic E-state index is 11.4. The summed E-state index contributed by atoms with van der Waals surface area (Å²) in [5, 5.41) is 16.1. The van der Waals surface area contributed by atoms with E-state index < -0.39 is 10.9 Å². The van der Waals surface area contributed by atoms with E-state index in [4.69, 9.17) is 0 Å². The van der Waals surface area contributed by atoms with Crippen LogP contribution in [0.2, 0.25) is 0 Å². The number of carbonyl (C=O) groups excluding carboxylic acids is 1. The van der Waals surface area contributed by atoms with Crippen molar-refractivity contribution in [3.05, 3.63) is 50.3 Å². The van der Waals surface area contributed by atoms with Crippen LogP contribution in [0.5, 0.6) is 0 Å². The molecule has 0 radical (unpaired) electrons. The summed E-state index contributed by atoms with van der Waals surface area (Å²) in [5.74, 6) is -0.322. The Bertz CT molecular complexity index is 673. The number of hydrogen-bond donors (Lipinski definition) is 1. The average molecular weight is 321 g/mol. The van der Waals surface area contributed by atoms with Crippen molar-refractivity contribution in [1.29, 1.82) is 0 Å². The van der Waals surface area contributed by atoms with E-state index >= 15 is 0 Å². The maximum Gasteiger partial charge on any atom is 0.339 e. The van der Waals surface area contributed by atoms with Gasteiger partial charge in [0.05, 0.1) is 17.6 Å². The molecule has 2 rings (SSSR count). The monoisotopic (exact) mass is 321 g/mol. The van der Waals surface area contributed by atoms with Crippen LogP contribution in [0.3, 0.4) is 0 Å². The zero-order valence-electron chi connectivity index (χ0n) is 12.1. The smallest absolute Gasteiger partial charge is 0.339 e. The topological polar surface area (TPSA) is 94.4 Å². The molecule has 0 bridgehead atoms. The Hall–Kier alpha value is -2.48. The van der Waals surface area contributed by atoms with Crippen LogP contribution >= 0.6 is 11.3 Å². The number of aromatic nitrogens is 1. The summed E-state index contributed by atoms with van der Waals surface area (Å²) in [5.41, 5.74) is -0.202. The lowest BCUT2D eigenvalue weighted by atomic mass is 10.1. The number of rotatable bonds is 6. The second kappa shape index (κ2) is 6.99. The van der Waals surface area contributed by atoms with Gasteiger partial charge in [0.2, 0.25) is 5.82 Å². The third-order valence-corrected chi connectivity index (χ3v) is 4.19. The van der Waals surface area contributed by atoms with Crippen molar-refractivity contribution < 1.29 is 14.5 Å². The van der Waals surface area contributed by atoms with E-state index in [1.165, 1.54) is 18.2 Å². The minimum atomic E-state index is -0.658. The molecule has 0 aliphatic heterocycles. The molecule has 0 spiro atoms. The fourth-order valence-electron chi connectivity index (χ4n) is 1.88. The highest BCUT2D eigenvalue weighted by Gasteiger charge is 2.20. The van der Waals surface area contributed by atoms with E-state index in [0.717, 1.165) is 6.07 Å². The maximum atomic E-state index is 11.4. The average Bonchev–Trinajstić information content (AvgIpc) is 3.06. The Labute approximate surface area is 131 Å². The number of nitrogens with zero attached hydrogens (tertiary/aromatic N) is 2. The molecule has 0 saturated heterocycles. The molecule has 7 nitrogen and oxygen atoms in total. The van der Waals surface area contributed by atoms with Crippen LogP contribution in [0.25, 0.3) is 0 Å². The second-order valence-corrected chi connectivity index (χ2v) is 5.62. The summed E-state index contributed by atoms with van der Waals surface area (Å²) >= 11 is 1.63. The molecule has 0 fully saturated rings. The highest BCUT2D eigenvalue weighted by atomic mass is 32.1. The van der Waals surface area contributed by atoms with Gasteiger partial charge in [-0.3, -0.25) is 10.1 Å². The number of nitro groups is 1. The van der Waals surface area contributed by atoms with Gasteiger partial charge in [0.15, 0.2) is 0 Å². The molecule has 1 unspecified atom stereocenters. The summed E-state index contributed by atoms with van der Waals surface area (Å²) in [6, 6.07) is 5.14. The highest BCUT2D eigenvalue weighted by molar-refractivity contribution is 7.10. The van der Waals surface area contributed by atoms with Gasteiger partial charge in [0.25, 0.3) is 0 Å². The van der Waals surface area contributed by atoms with Crippen molar-refractivity contribution in [2.75, 3.05) is 19.0 Å². The van der Waals surface area contributed by atoms with E-state index in [1.807, 2.05) is 24.4 Å². The first-order chi connectivity index (χ1) is 10.5. The Morgan fingerprint density at radius 2 is 2.36 bits per heavy atom. The zero-order chi connectivity index (χ0) is 16.1. The lowest BCUT2D eigenvalue weighted by molar-refractivity contribution is -0.384. The lowest BCUT2D eigenvalue weighted by Gasteiger charge is -2.12. The Morgan fingerprint density at radius 3 is 2.95 bits per heavy atom. The number of ether oxygens (including phenoxy) is 1. The van der Waals surface area contributed by atoms with Gasteiger partial charge in [-0.2, -0.15) is 0 Å². The molecule has 2 aromatic rings. The molecule has 22 heavy (non-hydrogen) atoms. The summed E-state index contributed by atoms with van der Waals surface area (Å²) in [7, 11) is 1.21. The molecule has 8 heteroatoms. The SMILES string of the molecule is COC(=O)c1cnc(NCC(C)c2cccs2)c([N+](=O)[O-])c1. The summed E-state index contributed by atoms with van der Waals surface area (Å²) in [6.07, 6.45) is 1.26. The van der Waals surface area contributed by atoms with Gasteiger partial charge >= 0.3 is 11.7 Å². The van der Waals surface area contributed by atoms with Gasteiger partial charge in [0, 0.05) is 29.6 Å². The van der Waals surface area contributed by atoms with Crippen molar-refractivity contribution in [2.24, 2.45) is 0 Å². The molecule has 116 valence electrons. The molecule has 0 saturated carbocycles. The van der Waals surface area contributed by atoms with E-state index in [-0.39, 0.29) is 23.0 Å². The van der Waals surface area contributed by atoms with E-state index in [2.05, 4.69) is 15.0 Å². The molecular weight excluding hydrogens is 306 g/mol. The number of esters is 1. The quantitative estimate of drug-likeness (QED) is 0.499. The summed E-state index contributed by atoms with van der Waals surface area (Å²) in [6.45, 7) is 2.53. The molecular formula is C14H15N3O4S. The Morgan fingerprint density at radius 1 is 1.59 bits per heavy atom. The summed E-state index contributed by atoms with van der Waals surface area (Å²) < 4.78 is 4.54. The standard InChI is InChI=1S/C14H15N3O4S/c1-9(12-4-3-5-22-12)7-15-13-11(17(19)20)6-10(8-16-13)14(18)21-2/h3-6,8-9H,7H2,1-2H3,(H,15,16). The first-order valence-corrected chi connectivity index (χ1v) is 7.41. The number of methoxy groups -OCH3 is 1. The van der Waals surface area contributed by atoms with Gasteiger partial charge in [-0.05, 0) is 11.4 Å². The molecule has 0 aromatic carbocycles. The van der Waals surface area contributed by atoms with Crippen molar-refractivity contribution in [3.8, 4) is 0 Å². The fourth-order valence-corrected chi connectivity index (χ4v) is 2.67. The first kappa shape index (κ1) is 15.9. The van der Waals surface area contributed by atoms with Crippen LogP contribution in [-0.2, 0) is 4.74 Å². The predicted octanol–water partition coefficient (Wildman–Crippen LogP) is 3.05. The number of thiophene rings is 1. The number of pyridine rings is 1. The normalized spacial score (nSPS) is 11.7. The van der Waals surface area contributed by atoms with Gasteiger partial charge in [0.1, 0.15) is 0 Å². The molecule has 1 atom stereocenters. The predicted molar refractivity (Wildman–Crippen MR) is 83.5 cm³/mol. The van der Waals surface area contributed by atoms with Gasteiger partial charge in [-0.25, -0.2) is 9.78 Å². The molecule has 2 aromatic heterocycles. The number of hydrogen-bond acceptors (Lipinski definition) is 7. The molecule has 1 N–H and O–H groups in total. The molecule has 0 amide bonds. The summed E-state index contributed by atoms with van der Waals surface area (Å²) in [4.78, 5) is 27.1. The van der Waals surface area contributed by atoms with Crippen LogP contribution in [0, 0.1) is 10.1 Å². The van der Waals surface area contributed by atoms with Crippen LogP contribution in [0.1, 0.15) is 28.1 Å². The van der Waals surface area contributed by atoms with Gasteiger partial charge in [-0.15, -0.1) is 11.3 Å². The van der Waals surface area contributed by atoms with Crippen molar-refractivity contribution >= 4 is 28.8 Å². The highest BCUT2D eigenvalue weighted by Crippen LogP contribution is 2.25. The van der Waals surface area contributed by atoms with Crippen molar-refractivity contribution in [3.63, 3.8) is 0 Å². The zero-order valence-corrected chi connectivity index (χ0v) is 12.9. The van der Waals surface area contributed by atoms with Crippen LogP contribution in [-0.4, -0.2) is 29.5 Å². The van der Waals surface area contributed by atoms with E-state index in [0.29, 0.717) is 6.54 Å². The third-order valence-electron chi connectivity index (χ3n) is 3.09. The molecule has 2 heterocycles. The Kier molecular flexibility index (Phi) is 5.05. The van der Waals surface area contributed by atoms with Crippen LogP contribution in [0.4, 0.5) is 11.5 Å². The molecule has 0 aliphatic rings. The van der Waals surface area contributed by atoms with Crippen LogP contribution in [0.15, 0.2) is 29.8 Å². The number of nitrogens with one attached hydrogen (secondary N) is 1.